The fraction of sp³-hybridized carbons (Fsp3) is 0.200. The van der Waals surface area contributed by atoms with Crippen LogP contribution in [0.2, 0.25) is 0 Å². The van der Waals surface area contributed by atoms with Gasteiger partial charge in [-0.05, 0) is 35.9 Å². The van der Waals surface area contributed by atoms with Crippen molar-refractivity contribution in [2.45, 2.75) is 24.6 Å². The molecule has 1 amide bonds. The molecule has 0 saturated heterocycles. The first-order valence-electron chi connectivity index (χ1n) is 9.16. The molecule has 30 heavy (non-hydrogen) atoms. The van der Waals surface area contributed by atoms with Crippen molar-refractivity contribution in [3.05, 3.63) is 62.9 Å². The summed E-state index contributed by atoms with van der Waals surface area (Å²) < 4.78 is 11.0. The fourth-order valence-electron chi connectivity index (χ4n) is 3.21. The monoisotopic (exact) mass is 456 g/mol. The average Bonchev–Trinajstić information content (AvgIpc) is 3.55. The van der Waals surface area contributed by atoms with Gasteiger partial charge in [-0.1, -0.05) is 23.9 Å². The molecule has 0 unspecified atom stereocenters. The molecular formula is C20H16N4O3S3. The van der Waals surface area contributed by atoms with Gasteiger partial charge < -0.3 is 8.83 Å². The Morgan fingerprint density at radius 3 is 2.83 bits per heavy atom. The number of amides is 1. The van der Waals surface area contributed by atoms with Crippen LogP contribution in [0.5, 0.6) is 0 Å². The van der Waals surface area contributed by atoms with E-state index >= 15 is 0 Å². The molecule has 4 aromatic rings. The summed E-state index contributed by atoms with van der Waals surface area (Å²) in [5.41, 5.74) is 1.69. The zero-order chi connectivity index (χ0) is 20.5. The molecule has 0 aromatic carbocycles. The Morgan fingerprint density at radius 2 is 2.10 bits per heavy atom. The normalized spacial score (nSPS) is 16.2. The summed E-state index contributed by atoms with van der Waals surface area (Å²) >= 11 is 4.48. The maximum atomic E-state index is 13.0. The topological polar surface area (TPSA) is 84.7 Å². The number of furan rings is 1. The predicted octanol–water partition coefficient (Wildman–Crippen LogP) is 5.23. The number of nitrogens with zero attached hydrogens (tertiary/aromatic N) is 4. The third kappa shape index (κ3) is 3.73. The summed E-state index contributed by atoms with van der Waals surface area (Å²) in [5, 5.41) is 18.7. The molecule has 0 N–H and O–H groups in total. The summed E-state index contributed by atoms with van der Waals surface area (Å²) in [7, 11) is 0. The van der Waals surface area contributed by atoms with Crippen molar-refractivity contribution in [2.75, 3.05) is 5.75 Å². The van der Waals surface area contributed by atoms with Crippen molar-refractivity contribution in [2.24, 2.45) is 5.10 Å². The summed E-state index contributed by atoms with van der Waals surface area (Å²) in [6.07, 6.45) is 2.29. The number of carbonyl (C=O) groups is 1. The van der Waals surface area contributed by atoms with E-state index in [1.165, 1.54) is 11.8 Å². The predicted molar refractivity (Wildman–Crippen MR) is 117 cm³/mol. The highest BCUT2D eigenvalue weighted by Crippen LogP contribution is 2.36. The highest BCUT2D eigenvalue weighted by Gasteiger charge is 2.34. The molecule has 0 radical (unpaired) electrons. The molecule has 1 atom stereocenters. The summed E-state index contributed by atoms with van der Waals surface area (Å²) in [5.74, 6) is 1.16. The number of thiophene rings is 2. The van der Waals surface area contributed by atoms with Crippen molar-refractivity contribution >= 4 is 46.1 Å². The lowest BCUT2D eigenvalue weighted by molar-refractivity contribution is -0.130. The molecule has 4 aromatic heterocycles. The lowest BCUT2D eigenvalue weighted by atomic mass is 10.1. The Balaban J connectivity index is 1.31. The second-order valence-corrected chi connectivity index (χ2v) is 9.40. The van der Waals surface area contributed by atoms with Gasteiger partial charge in [-0.2, -0.15) is 5.10 Å². The average molecular weight is 457 g/mol. The van der Waals surface area contributed by atoms with Gasteiger partial charge in [0.2, 0.25) is 0 Å². The summed E-state index contributed by atoms with van der Waals surface area (Å²) in [6.45, 7) is 1.83. The first-order chi connectivity index (χ1) is 14.7. The molecule has 152 valence electrons. The van der Waals surface area contributed by atoms with Gasteiger partial charge in [0.1, 0.15) is 5.76 Å². The Morgan fingerprint density at radius 1 is 1.23 bits per heavy atom. The van der Waals surface area contributed by atoms with Crippen molar-refractivity contribution in [1.82, 2.24) is 15.2 Å². The van der Waals surface area contributed by atoms with Crippen LogP contribution in [-0.2, 0) is 4.79 Å². The number of rotatable bonds is 6. The Kier molecular flexibility index (Phi) is 5.28. The maximum Gasteiger partial charge on any atom is 0.277 e. The van der Waals surface area contributed by atoms with E-state index < -0.39 is 0 Å². The van der Waals surface area contributed by atoms with Gasteiger partial charge in [0.15, 0.2) is 0 Å². The van der Waals surface area contributed by atoms with E-state index in [9.17, 15) is 4.79 Å². The molecule has 5 heterocycles. The lowest BCUT2D eigenvalue weighted by Crippen LogP contribution is -2.28. The summed E-state index contributed by atoms with van der Waals surface area (Å²) in [6, 6.07) is 9.78. The van der Waals surface area contributed by atoms with Crippen LogP contribution in [-0.4, -0.2) is 32.6 Å². The zero-order valence-corrected chi connectivity index (χ0v) is 18.3. The molecular weight excluding hydrogens is 440 g/mol. The van der Waals surface area contributed by atoms with Crippen LogP contribution in [0.3, 0.4) is 0 Å². The quantitative estimate of drug-likeness (QED) is 0.369. The van der Waals surface area contributed by atoms with Crippen LogP contribution in [0.4, 0.5) is 0 Å². The Hall–Kier alpha value is -2.69. The number of carbonyl (C=O) groups excluding carboxylic acids is 1. The van der Waals surface area contributed by atoms with Crippen molar-refractivity contribution in [3.8, 4) is 11.5 Å². The molecule has 7 nitrogen and oxygen atoms in total. The van der Waals surface area contributed by atoms with Gasteiger partial charge in [0, 0.05) is 11.3 Å². The standard InChI is InChI=1S/C20H16N4O3S3/c1-12-13(6-7-26-12)19-21-22-20(27-19)30-11-18(25)24-15(17-5-3-9-29-17)10-14(23-24)16-4-2-8-28-16/h2-9,15H,10-11H2,1H3/t15-/m1/s1. The van der Waals surface area contributed by atoms with E-state index in [0.717, 1.165) is 21.0 Å². The van der Waals surface area contributed by atoms with Crippen molar-refractivity contribution in [1.29, 1.82) is 0 Å². The summed E-state index contributed by atoms with van der Waals surface area (Å²) in [4.78, 5) is 15.2. The maximum absolute atomic E-state index is 13.0. The highest BCUT2D eigenvalue weighted by molar-refractivity contribution is 7.99. The molecule has 1 aliphatic heterocycles. The molecule has 10 heteroatoms. The first-order valence-corrected chi connectivity index (χ1v) is 11.9. The van der Waals surface area contributed by atoms with E-state index in [4.69, 9.17) is 8.83 Å². The van der Waals surface area contributed by atoms with E-state index in [1.54, 1.807) is 40.0 Å². The van der Waals surface area contributed by atoms with Crippen LogP contribution >= 0.6 is 34.4 Å². The molecule has 0 fully saturated rings. The molecule has 5 rings (SSSR count). The minimum atomic E-state index is -0.0933. The molecule has 1 aliphatic rings. The van der Waals surface area contributed by atoms with Crippen LogP contribution in [0.25, 0.3) is 11.5 Å². The number of aryl methyl sites for hydroxylation is 1. The molecule has 0 saturated carbocycles. The van der Waals surface area contributed by atoms with Gasteiger partial charge in [-0.15, -0.1) is 32.9 Å². The third-order valence-electron chi connectivity index (χ3n) is 4.66. The van der Waals surface area contributed by atoms with E-state index in [0.29, 0.717) is 23.3 Å². The Labute approximate surface area is 184 Å². The van der Waals surface area contributed by atoms with Gasteiger partial charge in [-0.25, -0.2) is 5.01 Å². The van der Waals surface area contributed by atoms with Crippen molar-refractivity contribution < 1.29 is 13.6 Å². The Bertz CT molecular complexity index is 1180. The van der Waals surface area contributed by atoms with E-state index in [-0.39, 0.29) is 17.7 Å². The van der Waals surface area contributed by atoms with Crippen LogP contribution in [0.15, 0.2) is 66.5 Å². The van der Waals surface area contributed by atoms with E-state index in [1.807, 2.05) is 41.9 Å². The van der Waals surface area contributed by atoms with Crippen LogP contribution in [0.1, 0.15) is 28.0 Å². The minimum absolute atomic E-state index is 0.0815. The minimum Gasteiger partial charge on any atom is -0.469 e. The first kappa shape index (κ1) is 19.3. The largest absolute Gasteiger partial charge is 0.469 e. The zero-order valence-electron chi connectivity index (χ0n) is 15.8. The van der Waals surface area contributed by atoms with Crippen molar-refractivity contribution in [3.63, 3.8) is 0 Å². The second-order valence-electron chi connectivity index (χ2n) is 6.55. The van der Waals surface area contributed by atoms with Gasteiger partial charge in [0.25, 0.3) is 17.0 Å². The molecule has 0 aliphatic carbocycles. The van der Waals surface area contributed by atoms with Gasteiger partial charge in [0.05, 0.1) is 34.2 Å². The third-order valence-corrected chi connectivity index (χ3v) is 7.35. The second kappa shape index (κ2) is 8.21. The van der Waals surface area contributed by atoms with Gasteiger partial charge in [-0.3, -0.25) is 4.79 Å². The number of hydrogen-bond donors (Lipinski definition) is 0. The number of thioether (sulfide) groups is 1. The van der Waals surface area contributed by atoms with E-state index in [2.05, 4.69) is 15.3 Å². The SMILES string of the molecule is Cc1occc1-c1nnc(SCC(=O)N2N=C(c3cccs3)C[C@@H]2c2cccs2)o1. The van der Waals surface area contributed by atoms with Crippen LogP contribution in [0, 0.1) is 6.92 Å². The molecule has 0 spiro atoms. The number of hydrazone groups is 1. The number of hydrogen-bond acceptors (Lipinski definition) is 9. The lowest BCUT2D eigenvalue weighted by Gasteiger charge is -2.20. The van der Waals surface area contributed by atoms with Crippen LogP contribution < -0.4 is 0 Å². The number of aromatic nitrogens is 2. The van der Waals surface area contributed by atoms with Gasteiger partial charge >= 0.3 is 0 Å². The highest BCUT2D eigenvalue weighted by atomic mass is 32.2. The molecule has 0 bridgehead atoms. The fourth-order valence-corrected chi connectivity index (χ4v) is 5.36. The smallest absolute Gasteiger partial charge is 0.277 e.